The van der Waals surface area contributed by atoms with Gasteiger partial charge >= 0.3 is 11.6 Å². The molecule has 0 unspecified atom stereocenters. The average molecular weight is 778 g/mol. The molecule has 0 radical (unpaired) electrons. The van der Waals surface area contributed by atoms with Crippen LogP contribution in [0.15, 0.2) is 73.3 Å². The zero-order valence-electron chi connectivity index (χ0n) is 30.4. The van der Waals surface area contributed by atoms with E-state index in [1.807, 2.05) is 67.2 Å². The molecule has 0 aliphatic rings. The molecule has 0 amide bonds. The molecule has 0 bridgehead atoms. The highest BCUT2D eigenvalue weighted by atomic mass is 35.5. The van der Waals surface area contributed by atoms with E-state index in [0.717, 1.165) is 65.9 Å². The maximum absolute atomic E-state index is 11.0. The minimum absolute atomic E-state index is 0.0286. The molecule has 0 spiro atoms. The maximum Gasteiger partial charge on any atom is 0.381 e. The third-order valence-corrected chi connectivity index (χ3v) is 9.30. The van der Waals surface area contributed by atoms with Crippen LogP contribution in [-0.2, 0) is 13.1 Å². The highest BCUT2D eigenvalue weighted by Gasteiger charge is 2.18. The van der Waals surface area contributed by atoms with E-state index < -0.39 is 9.85 Å². The van der Waals surface area contributed by atoms with E-state index in [-0.39, 0.29) is 11.6 Å². The molecule has 0 atom stereocenters. The highest BCUT2D eigenvalue weighted by Crippen LogP contribution is 2.25. The number of aromatic nitrogens is 6. The van der Waals surface area contributed by atoms with Crippen LogP contribution in [0.2, 0.25) is 10.0 Å². The lowest BCUT2D eigenvalue weighted by atomic mass is 10.2. The van der Waals surface area contributed by atoms with Crippen molar-refractivity contribution < 1.29 is 9.85 Å². The summed E-state index contributed by atoms with van der Waals surface area (Å²) in [6.45, 7) is 9.30. The van der Waals surface area contributed by atoms with Gasteiger partial charge in [0.25, 0.3) is 0 Å². The summed E-state index contributed by atoms with van der Waals surface area (Å²) >= 11 is 12.0. The van der Waals surface area contributed by atoms with Crippen LogP contribution >= 0.6 is 23.2 Å². The minimum atomic E-state index is -0.469. The monoisotopic (exact) mass is 776 g/mol. The van der Waals surface area contributed by atoms with E-state index >= 15 is 0 Å². The molecule has 284 valence electrons. The SMILES string of the molecule is Cc1nc([N+](=O)[O-])cn1CCN(C)CCNc1ccnc2cc(Cl)ccc12.Cc1ncc([N+](=O)[O-])n1CCN(C)CCNc1ccnc2cc(Cl)ccc12. The lowest BCUT2D eigenvalue weighted by molar-refractivity contribution is -0.392. The van der Waals surface area contributed by atoms with Gasteiger partial charge in [0.2, 0.25) is 5.82 Å². The van der Waals surface area contributed by atoms with Crippen LogP contribution in [0.5, 0.6) is 0 Å². The Hall–Kier alpha value is -5.42. The summed E-state index contributed by atoms with van der Waals surface area (Å²) in [5, 5.41) is 32.1. The van der Waals surface area contributed by atoms with E-state index in [9.17, 15) is 20.2 Å². The van der Waals surface area contributed by atoms with Crippen molar-refractivity contribution in [3.63, 3.8) is 0 Å². The first-order chi connectivity index (χ1) is 25.9. The van der Waals surface area contributed by atoms with Gasteiger partial charge in [0.1, 0.15) is 18.9 Å². The molecule has 2 N–H and O–H groups in total. The molecule has 6 aromatic rings. The number of imidazole rings is 2. The van der Waals surface area contributed by atoms with Gasteiger partial charge in [0.05, 0.1) is 11.0 Å². The normalized spacial score (nSPS) is 11.3. The van der Waals surface area contributed by atoms with Crippen molar-refractivity contribution in [3.05, 3.63) is 115 Å². The number of benzene rings is 2. The lowest BCUT2D eigenvalue weighted by Gasteiger charge is -2.18. The van der Waals surface area contributed by atoms with Crippen molar-refractivity contribution in [1.82, 2.24) is 38.9 Å². The molecule has 0 fully saturated rings. The van der Waals surface area contributed by atoms with Gasteiger partial charge in [-0.25, -0.2) is 9.55 Å². The van der Waals surface area contributed by atoms with Gasteiger partial charge in [-0.1, -0.05) is 23.2 Å². The van der Waals surface area contributed by atoms with Crippen molar-refractivity contribution in [1.29, 1.82) is 0 Å². The smallest absolute Gasteiger partial charge is 0.381 e. The first-order valence-corrected chi connectivity index (χ1v) is 17.9. The Balaban J connectivity index is 0.000000208. The number of halogens is 2. The Labute approximate surface area is 322 Å². The molecule has 4 aromatic heterocycles. The topological polar surface area (TPSA) is 178 Å². The molecule has 2 aromatic carbocycles. The van der Waals surface area contributed by atoms with Gasteiger partial charge in [0, 0.05) is 104 Å². The fourth-order valence-corrected chi connectivity index (χ4v) is 6.10. The van der Waals surface area contributed by atoms with E-state index in [1.165, 1.54) is 12.4 Å². The summed E-state index contributed by atoms with van der Waals surface area (Å²) < 4.78 is 3.44. The van der Waals surface area contributed by atoms with E-state index in [4.69, 9.17) is 23.2 Å². The number of pyridine rings is 2. The van der Waals surface area contributed by atoms with Gasteiger partial charge in [-0.05, 0) is 77.5 Å². The Bertz CT molecular complexity index is 2230. The van der Waals surface area contributed by atoms with E-state index in [1.54, 1.807) is 30.8 Å². The summed E-state index contributed by atoms with van der Waals surface area (Å²) in [5.41, 5.74) is 3.74. The second kappa shape index (κ2) is 18.6. The van der Waals surface area contributed by atoms with Crippen molar-refractivity contribution in [3.8, 4) is 0 Å². The molecule has 0 saturated heterocycles. The first-order valence-electron chi connectivity index (χ1n) is 17.2. The number of fused-ring (bicyclic) bond motifs is 2. The summed E-state index contributed by atoms with van der Waals surface area (Å²) in [5.74, 6) is 1.22. The van der Waals surface area contributed by atoms with Crippen LogP contribution < -0.4 is 10.6 Å². The molecule has 54 heavy (non-hydrogen) atoms. The summed E-state index contributed by atoms with van der Waals surface area (Å²) in [6.07, 6.45) is 6.30. The number of likely N-dealkylation sites (N-methyl/N-ethyl adjacent to an activating group) is 2. The minimum Gasteiger partial charge on any atom is -0.383 e. The number of rotatable bonds is 16. The standard InChI is InChI=1S/2C18H21ClN6O2/c1-13-22-18(25(26)27)12-24(13)10-9-23(2)8-7-21-16-5-6-20-17-11-14(19)3-4-15(16)17;1-13-22-12-18(25(26)27)24(13)10-9-23(2)8-7-21-16-5-6-20-17-11-14(19)3-4-15(16)17/h2*3-6,11-12H,7-10H2,1-2H3,(H,20,21). The molecular weight excluding hydrogens is 735 g/mol. The number of nitro groups is 2. The molecule has 18 heteroatoms. The highest BCUT2D eigenvalue weighted by molar-refractivity contribution is 6.31. The maximum atomic E-state index is 11.0. The number of nitrogens with zero attached hydrogens (tertiary/aromatic N) is 10. The van der Waals surface area contributed by atoms with Crippen molar-refractivity contribution >= 4 is 68.0 Å². The zero-order valence-corrected chi connectivity index (χ0v) is 32.0. The quantitative estimate of drug-likeness (QED) is 0.0787. The third kappa shape index (κ3) is 10.6. The molecular formula is C36H42Cl2N12O4. The van der Waals surface area contributed by atoms with Crippen molar-refractivity contribution in [2.45, 2.75) is 26.9 Å². The van der Waals surface area contributed by atoms with Gasteiger partial charge in [-0.3, -0.25) is 9.97 Å². The predicted molar refractivity (Wildman–Crippen MR) is 213 cm³/mol. The number of anilines is 2. The fourth-order valence-electron chi connectivity index (χ4n) is 5.77. The Morgan fingerprint density at radius 3 is 1.76 bits per heavy atom. The van der Waals surface area contributed by atoms with Crippen LogP contribution in [0.25, 0.3) is 21.8 Å². The largest absolute Gasteiger partial charge is 0.383 e. The predicted octanol–water partition coefficient (Wildman–Crippen LogP) is 6.69. The lowest BCUT2D eigenvalue weighted by Crippen LogP contribution is -2.29. The Morgan fingerprint density at radius 2 is 1.26 bits per heavy atom. The second-order valence-electron chi connectivity index (χ2n) is 12.7. The number of aryl methyl sites for hydroxylation is 2. The summed E-state index contributed by atoms with van der Waals surface area (Å²) in [7, 11) is 4.01. The molecule has 4 heterocycles. The van der Waals surface area contributed by atoms with Gasteiger partial charge in [0.15, 0.2) is 5.82 Å². The summed E-state index contributed by atoms with van der Waals surface area (Å²) in [4.78, 5) is 41.9. The van der Waals surface area contributed by atoms with Crippen molar-refractivity contribution in [2.75, 3.05) is 64.0 Å². The first kappa shape index (κ1) is 39.8. The van der Waals surface area contributed by atoms with Crippen LogP contribution in [0, 0.1) is 34.1 Å². The molecule has 6 rings (SSSR count). The van der Waals surface area contributed by atoms with Gasteiger partial charge in [-0.2, -0.15) is 0 Å². The molecule has 0 saturated carbocycles. The number of hydrogen-bond acceptors (Lipinski definition) is 12. The van der Waals surface area contributed by atoms with E-state index in [2.05, 4.69) is 40.4 Å². The van der Waals surface area contributed by atoms with Crippen LogP contribution in [0.1, 0.15) is 11.6 Å². The van der Waals surface area contributed by atoms with Gasteiger partial charge < -0.3 is 45.2 Å². The Morgan fingerprint density at radius 1 is 0.722 bits per heavy atom. The number of nitrogens with one attached hydrogen (secondary N) is 2. The van der Waals surface area contributed by atoms with Crippen LogP contribution in [0.3, 0.4) is 0 Å². The number of hydrogen-bond donors (Lipinski definition) is 2. The van der Waals surface area contributed by atoms with Crippen LogP contribution in [-0.4, -0.2) is 102 Å². The molecule has 16 nitrogen and oxygen atoms in total. The fraction of sp³-hybridized carbons (Fsp3) is 0.333. The van der Waals surface area contributed by atoms with Crippen LogP contribution in [0.4, 0.5) is 23.0 Å². The van der Waals surface area contributed by atoms with E-state index in [0.29, 0.717) is 41.3 Å². The molecule has 0 aliphatic heterocycles. The Kier molecular flexibility index (Phi) is 13.7. The third-order valence-electron chi connectivity index (χ3n) is 8.83. The second-order valence-corrected chi connectivity index (χ2v) is 13.5. The average Bonchev–Trinajstić information content (AvgIpc) is 3.71. The molecule has 0 aliphatic carbocycles. The summed E-state index contributed by atoms with van der Waals surface area (Å²) in [6, 6.07) is 15.2. The zero-order chi connectivity index (χ0) is 38.8. The van der Waals surface area contributed by atoms with Gasteiger partial charge in [-0.15, -0.1) is 0 Å². The van der Waals surface area contributed by atoms with Crippen molar-refractivity contribution in [2.24, 2.45) is 0 Å².